The van der Waals surface area contributed by atoms with Crippen molar-refractivity contribution in [2.45, 2.75) is 83.1 Å². The van der Waals surface area contributed by atoms with E-state index in [-0.39, 0.29) is 35.7 Å². The van der Waals surface area contributed by atoms with Crippen molar-refractivity contribution in [2.24, 2.45) is 11.8 Å². The smallest absolute Gasteiger partial charge is 0.573 e. The Morgan fingerprint density at radius 1 is 1.21 bits per heavy atom. The average Bonchev–Trinajstić information content (AvgIpc) is 2.71. The zero-order valence-corrected chi connectivity index (χ0v) is 20.2. The van der Waals surface area contributed by atoms with E-state index >= 15 is 0 Å². The van der Waals surface area contributed by atoms with E-state index in [2.05, 4.69) is 9.46 Å². The maximum Gasteiger partial charge on any atom is 0.573 e. The Morgan fingerprint density at radius 3 is 2.45 bits per heavy atom. The van der Waals surface area contributed by atoms with E-state index in [1.807, 2.05) is 20.8 Å². The lowest BCUT2D eigenvalue weighted by atomic mass is 9.77. The van der Waals surface area contributed by atoms with Crippen LogP contribution in [0.2, 0.25) is 0 Å². The van der Waals surface area contributed by atoms with Gasteiger partial charge in [-0.05, 0) is 71.4 Å². The number of hydrogen-bond donors (Lipinski definition) is 1. The first-order valence-corrected chi connectivity index (χ1v) is 12.4. The molecule has 0 spiro atoms. The molecule has 2 aliphatic rings. The molecule has 33 heavy (non-hydrogen) atoms. The van der Waals surface area contributed by atoms with Gasteiger partial charge in [0.05, 0.1) is 18.6 Å². The highest BCUT2D eigenvalue weighted by Crippen LogP contribution is 2.44. The lowest BCUT2D eigenvalue weighted by molar-refractivity contribution is -0.274. The molecule has 1 heterocycles. The zero-order chi connectivity index (χ0) is 24.4. The number of rotatable bonds is 6. The number of esters is 1. The molecule has 1 aliphatic heterocycles. The van der Waals surface area contributed by atoms with Crippen LogP contribution in [0.3, 0.4) is 0 Å². The van der Waals surface area contributed by atoms with Gasteiger partial charge in [0.2, 0.25) is 0 Å². The minimum Gasteiger partial charge on any atom is -0.598 e. The molecule has 1 aromatic carbocycles. The second kappa shape index (κ2) is 10.3. The molecule has 1 N–H and O–H groups in total. The predicted octanol–water partition coefficient (Wildman–Crippen LogP) is 5.20. The van der Waals surface area contributed by atoms with Crippen molar-refractivity contribution >= 4 is 17.3 Å². The molecule has 0 amide bonds. The summed E-state index contributed by atoms with van der Waals surface area (Å²) in [5.74, 6) is -0.248. The summed E-state index contributed by atoms with van der Waals surface area (Å²) in [6, 6.07) is 3.67. The lowest BCUT2D eigenvalue weighted by Crippen LogP contribution is -2.45. The van der Waals surface area contributed by atoms with E-state index in [0.717, 1.165) is 12.8 Å². The van der Waals surface area contributed by atoms with Gasteiger partial charge in [0.25, 0.3) is 0 Å². The van der Waals surface area contributed by atoms with Crippen molar-refractivity contribution in [3.63, 3.8) is 0 Å². The van der Waals surface area contributed by atoms with Crippen LogP contribution < -0.4 is 14.2 Å². The standard InChI is InChI=1S/C23H32F3NO5S/c1-5-30-21(28)15-8-6-14(7-9-15)19-13-18(27-33(29)22(2,3)4)17-11-10-16(12-20(17)31-19)32-23(24,25)26/h10-12,14-15,18-19,27H,5-9,13H2,1-4H3/t14?,15?,18-,19-,33?/m0/s1. The lowest BCUT2D eigenvalue weighted by Gasteiger charge is -2.39. The van der Waals surface area contributed by atoms with Crippen molar-refractivity contribution in [1.29, 1.82) is 0 Å². The zero-order valence-electron chi connectivity index (χ0n) is 19.4. The summed E-state index contributed by atoms with van der Waals surface area (Å²) in [7, 11) is 0. The Bertz CT molecular complexity index is 821. The number of alkyl halides is 3. The predicted molar refractivity (Wildman–Crippen MR) is 118 cm³/mol. The van der Waals surface area contributed by atoms with Crippen LogP contribution in [0.15, 0.2) is 18.2 Å². The van der Waals surface area contributed by atoms with Crippen molar-refractivity contribution < 1.29 is 36.7 Å². The molecule has 1 aliphatic carbocycles. The number of benzene rings is 1. The van der Waals surface area contributed by atoms with Crippen LogP contribution >= 0.6 is 0 Å². The maximum absolute atomic E-state index is 12.8. The molecule has 0 bridgehead atoms. The monoisotopic (exact) mass is 491 g/mol. The molecule has 6 nitrogen and oxygen atoms in total. The van der Waals surface area contributed by atoms with E-state index < -0.39 is 22.5 Å². The van der Waals surface area contributed by atoms with Gasteiger partial charge in [0.15, 0.2) is 0 Å². The van der Waals surface area contributed by atoms with E-state index in [1.165, 1.54) is 18.2 Å². The molecule has 1 saturated carbocycles. The summed E-state index contributed by atoms with van der Waals surface area (Å²) in [6.45, 7) is 7.68. The molecule has 1 aromatic rings. The summed E-state index contributed by atoms with van der Waals surface area (Å²) < 4.78 is 69.0. The van der Waals surface area contributed by atoms with Crippen LogP contribution in [0, 0.1) is 11.8 Å². The highest BCUT2D eigenvalue weighted by molar-refractivity contribution is 7.90. The topological polar surface area (TPSA) is 79.9 Å². The summed E-state index contributed by atoms with van der Waals surface area (Å²) in [5.41, 5.74) is 0.651. The van der Waals surface area contributed by atoms with Gasteiger partial charge in [-0.15, -0.1) is 17.9 Å². The Hall–Kier alpha value is -1.65. The van der Waals surface area contributed by atoms with E-state index in [4.69, 9.17) is 9.47 Å². The first kappa shape index (κ1) is 26.0. The Kier molecular flexibility index (Phi) is 8.11. The van der Waals surface area contributed by atoms with Crippen LogP contribution in [0.1, 0.15) is 71.4 Å². The van der Waals surface area contributed by atoms with Crippen molar-refractivity contribution in [1.82, 2.24) is 4.72 Å². The minimum absolute atomic E-state index is 0.128. The Morgan fingerprint density at radius 2 is 1.88 bits per heavy atom. The fourth-order valence-electron chi connectivity index (χ4n) is 4.37. The summed E-state index contributed by atoms with van der Waals surface area (Å²) in [5, 5.41) is 0. The minimum atomic E-state index is -4.81. The molecular weight excluding hydrogens is 459 g/mol. The van der Waals surface area contributed by atoms with E-state index in [1.54, 1.807) is 6.92 Å². The highest BCUT2D eigenvalue weighted by Gasteiger charge is 2.40. The van der Waals surface area contributed by atoms with Gasteiger partial charge in [0, 0.05) is 29.4 Å². The number of carbonyl (C=O) groups excluding carboxylic acids is 1. The number of carbonyl (C=O) groups is 1. The third kappa shape index (κ3) is 6.93. The molecular formula is C23H32F3NO5S. The number of halogens is 3. The van der Waals surface area contributed by atoms with Crippen LogP contribution in [0.4, 0.5) is 13.2 Å². The van der Waals surface area contributed by atoms with Gasteiger partial charge in [-0.25, -0.2) is 0 Å². The number of ether oxygens (including phenoxy) is 3. The molecule has 0 saturated heterocycles. The number of fused-ring (bicyclic) bond motifs is 1. The second-order valence-electron chi connectivity index (χ2n) is 9.55. The maximum atomic E-state index is 12.8. The van der Waals surface area contributed by atoms with E-state index in [0.29, 0.717) is 37.2 Å². The molecule has 0 aromatic heterocycles. The molecule has 1 unspecified atom stereocenters. The van der Waals surface area contributed by atoms with Crippen LogP contribution in [-0.2, 0) is 20.9 Å². The van der Waals surface area contributed by atoms with Gasteiger partial charge >= 0.3 is 12.3 Å². The molecule has 3 atom stereocenters. The summed E-state index contributed by atoms with van der Waals surface area (Å²) >= 11 is -1.38. The summed E-state index contributed by atoms with van der Waals surface area (Å²) in [4.78, 5) is 12.1. The molecule has 186 valence electrons. The van der Waals surface area contributed by atoms with E-state index in [9.17, 15) is 22.5 Å². The quantitative estimate of drug-likeness (QED) is 0.435. The van der Waals surface area contributed by atoms with Crippen LogP contribution in [0.5, 0.6) is 11.5 Å². The number of hydrogen-bond acceptors (Lipinski definition) is 6. The van der Waals surface area contributed by atoms with Gasteiger partial charge < -0.3 is 18.8 Å². The third-order valence-electron chi connectivity index (χ3n) is 6.06. The highest BCUT2D eigenvalue weighted by atomic mass is 32.2. The van der Waals surface area contributed by atoms with Crippen molar-refractivity contribution in [3.05, 3.63) is 23.8 Å². The first-order chi connectivity index (χ1) is 15.4. The SMILES string of the molecule is CCOC(=O)C1CCC([C@@H]2C[C@H](N[S+]([O-])C(C)(C)C)c3ccc(OC(F)(F)F)cc3O2)CC1. The molecule has 3 rings (SSSR count). The Balaban J connectivity index is 1.79. The van der Waals surface area contributed by atoms with Crippen molar-refractivity contribution in [3.8, 4) is 11.5 Å². The Labute approximate surface area is 195 Å². The van der Waals surface area contributed by atoms with Gasteiger partial charge in [-0.1, -0.05) is 0 Å². The van der Waals surface area contributed by atoms with Crippen LogP contribution in [0.25, 0.3) is 0 Å². The fraction of sp³-hybridized carbons (Fsp3) is 0.696. The number of nitrogens with one attached hydrogen (secondary N) is 1. The summed E-state index contributed by atoms with van der Waals surface area (Å²) in [6.07, 6.45) is -1.70. The average molecular weight is 492 g/mol. The fourth-order valence-corrected chi connectivity index (χ4v) is 5.20. The molecule has 1 fully saturated rings. The third-order valence-corrected chi connectivity index (χ3v) is 7.67. The molecule has 0 radical (unpaired) electrons. The van der Waals surface area contributed by atoms with Crippen LogP contribution in [-0.4, -0.2) is 34.3 Å². The largest absolute Gasteiger partial charge is 0.598 e. The van der Waals surface area contributed by atoms with Crippen molar-refractivity contribution in [2.75, 3.05) is 6.61 Å². The van der Waals surface area contributed by atoms with Gasteiger partial charge in [-0.2, -0.15) is 0 Å². The second-order valence-corrected chi connectivity index (χ2v) is 11.6. The van der Waals surface area contributed by atoms with Gasteiger partial charge in [0.1, 0.15) is 22.4 Å². The normalized spacial score (nSPS) is 26.7. The molecule has 10 heteroatoms. The van der Waals surface area contributed by atoms with Gasteiger partial charge in [-0.3, -0.25) is 4.79 Å². The first-order valence-electron chi connectivity index (χ1n) is 11.3.